The van der Waals surface area contributed by atoms with E-state index in [2.05, 4.69) is 45.9 Å². The third-order valence-electron chi connectivity index (χ3n) is 2.97. The molecule has 3 nitrogen and oxygen atoms in total. The zero-order valence-electron chi connectivity index (χ0n) is 11.3. The zero-order valence-corrected chi connectivity index (χ0v) is 12.9. The Morgan fingerprint density at radius 1 is 1.56 bits per heavy atom. The Balaban J connectivity index is 1.92. The number of hydrogen-bond donors (Lipinski definition) is 1. The Morgan fingerprint density at radius 2 is 2.39 bits per heavy atom. The van der Waals surface area contributed by atoms with Crippen molar-refractivity contribution in [1.29, 1.82) is 0 Å². The fraction of sp³-hybridized carbons (Fsp3) is 0.615. The molecule has 1 aliphatic heterocycles. The molecule has 0 spiro atoms. The van der Waals surface area contributed by atoms with Crippen LogP contribution in [-0.4, -0.2) is 41.5 Å². The Kier molecular flexibility index (Phi) is 4.56. The van der Waals surface area contributed by atoms with E-state index in [-0.39, 0.29) is 0 Å². The van der Waals surface area contributed by atoms with Crippen molar-refractivity contribution in [2.75, 3.05) is 25.9 Å². The minimum atomic E-state index is 0.318. The van der Waals surface area contributed by atoms with Crippen molar-refractivity contribution in [1.82, 2.24) is 10.2 Å². The number of guanidine groups is 1. The van der Waals surface area contributed by atoms with Crippen LogP contribution in [-0.2, 0) is 6.54 Å². The van der Waals surface area contributed by atoms with Gasteiger partial charge in [0.15, 0.2) is 5.96 Å². The molecule has 2 heterocycles. The van der Waals surface area contributed by atoms with E-state index < -0.39 is 0 Å². The molecule has 0 aliphatic carbocycles. The van der Waals surface area contributed by atoms with Crippen LogP contribution in [0.5, 0.6) is 0 Å². The average molecular weight is 283 g/mol. The second-order valence-corrected chi connectivity index (χ2v) is 7.64. The third kappa shape index (κ3) is 3.65. The van der Waals surface area contributed by atoms with E-state index in [1.807, 2.05) is 18.8 Å². The highest BCUT2D eigenvalue weighted by Crippen LogP contribution is 2.29. The van der Waals surface area contributed by atoms with Crippen molar-refractivity contribution in [2.45, 2.75) is 25.1 Å². The van der Waals surface area contributed by atoms with Gasteiger partial charge in [0.25, 0.3) is 0 Å². The molecule has 1 saturated heterocycles. The van der Waals surface area contributed by atoms with Gasteiger partial charge in [-0.15, -0.1) is 0 Å². The van der Waals surface area contributed by atoms with Gasteiger partial charge in [-0.25, -0.2) is 0 Å². The smallest absolute Gasteiger partial charge is 0.193 e. The molecule has 1 aliphatic rings. The topological polar surface area (TPSA) is 27.6 Å². The minimum Gasteiger partial charge on any atom is -0.352 e. The molecule has 0 saturated carbocycles. The molecule has 18 heavy (non-hydrogen) atoms. The van der Waals surface area contributed by atoms with Crippen LogP contribution in [0.4, 0.5) is 0 Å². The number of rotatable bonds is 2. The number of thiophene rings is 1. The van der Waals surface area contributed by atoms with Crippen LogP contribution < -0.4 is 5.32 Å². The second kappa shape index (κ2) is 5.97. The lowest BCUT2D eigenvalue weighted by Crippen LogP contribution is -2.50. The van der Waals surface area contributed by atoms with E-state index >= 15 is 0 Å². The first kappa shape index (κ1) is 13.7. The SMILES string of the molecule is CN=C(NCc1ccsc1)N1CCSC(C)(C)C1. The van der Waals surface area contributed by atoms with Crippen LogP contribution in [0, 0.1) is 0 Å². The molecule has 0 radical (unpaired) electrons. The van der Waals surface area contributed by atoms with E-state index in [4.69, 9.17) is 0 Å². The van der Waals surface area contributed by atoms with Crippen molar-refractivity contribution in [2.24, 2.45) is 4.99 Å². The molecule has 0 amide bonds. The van der Waals surface area contributed by atoms with Crippen LogP contribution in [0.15, 0.2) is 21.8 Å². The molecule has 0 bridgehead atoms. The van der Waals surface area contributed by atoms with Crippen molar-refractivity contribution in [3.63, 3.8) is 0 Å². The molecule has 1 aromatic heterocycles. The number of nitrogens with one attached hydrogen (secondary N) is 1. The fourth-order valence-corrected chi connectivity index (χ4v) is 3.88. The number of thioether (sulfide) groups is 1. The minimum absolute atomic E-state index is 0.318. The van der Waals surface area contributed by atoms with Crippen LogP contribution >= 0.6 is 23.1 Å². The van der Waals surface area contributed by atoms with Crippen LogP contribution in [0.3, 0.4) is 0 Å². The number of aliphatic imine (C=N–C) groups is 1. The first-order valence-electron chi connectivity index (χ1n) is 6.21. The van der Waals surface area contributed by atoms with Gasteiger partial charge >= 0.3 is 0 Å². The lowest BCUT2D eigenvalue weighted by molar-refractivity contribution is 0.376. The van der Waals surface area contributed by atoms with Gasteiger partial charge in [-0.1, -0.05) is 0 Å². The first-order chi connectivity index (χ1) is 8.61. The average Bonchev–Trinajstić information content (AvgIpc) is 2.81. The predicted octanol–water partition coefficient (Wildman–Crippen LogP) is 2.65. The van der Waals surface area contributed by atoms with E-state index in [1.165, 1.54) is 11.3 Å². The quantitative estimate of drug-likeness (QED) is 0.668. The zero-order chi connectivity index (χ0) is 13.0. The van der Waals surface area contributed by atoms with Gasteiger partial charge in [0.05, 0.1) is 0 Å². The molecular weight excluding hydrogens is 262 g/mol. The van der Waals surface area contributed by atoms with Gasteiger partial charge in [-0.05, 0) is 36.2 Å². The highest BCUT2D eigenvalue weighted by molar-refractivity contribution is 8.00. The van der Waals surface area contributed by atoms with Gasteiger partial charge in [-0.3, -0.25) is 4.99 Å². The lowest BCUT2D eigenvalue weighted by Gasteiger charge is -2.39. The number of hydrogen-bond acceptors (Lipinski definition) is 3. The molecule has 100 valence electrons. The standard InChI is InChI=1S/C13H21N3S2/c1-13(2)10-16(5-7-18-13)12(14-3)15-8-11-4-6-17-9-11/h4,6,9H,5,7-8,10H2,1-3H3,(H,14,15). The number of nitrogens with zero attached hydrogens (tertiary/aromatic N) is 2. The van der Waals surface area contributed by atoms with E-state index in [0.717, 1.165) is 25.6 Å². The summed E-state index contributed by atoms with van der Waals surface area (Å²) in [4.78, 5) is 6.77. The van der Waals surface area contributed by atoms with Crippen LogP contribution in [0.1, 0.15) is 19.4 Å². The summed E-state index contributed by atoms with van der Waals surface area (Å²) in [6, 6.07) is 2.15. The molecule has 1 aromatic rings. The second-order valence-electron chi connectivity index (χ2n) is 5.06. The van der Waals surface area contributed by atoms with Crippen LogP contribution in [0.25, 0.3) is 0 Å². The van der Waals surface area contributed by atoms with Gasteiger partial charge in [0, 0.05) is 37.2 Å². The Bertz CT molecular complexity index is 398. The highest BCUT2D eigenvalue weighted by atomic mass is 32.2. The summed E-state index contributed by atoms with van der Waals surface area (Å²) in [5.41, 5.74) is 1.33. The Hall–Kier alpha value is -0.680. The Morgan fingerprint density at radius 3 is 3.00 bits per heavy atom. The van der Waals surface area contributed by atoms with Crippen molar-refractivity contribution < 1.29 is 0 Å². The fourth-order valence-electron chi connectivity index (χ4n) is 2.10. The van der Waals surface area contributed by atoms with E-state index in [0.29, 0.717) is 4.75 Å². The van der Waals surface area contributed by atoms with Gasteiger partial charge in [-0.2, -0.15) is 23.1 Å². The molecule has 5 heteroatoms. The molecule has 1 N–H and O–H groups in total. The summed E-state index contributed by atoms with van der Waals surface area (Å²) in [5.74, 6) is 2.20. The highest BCUT2D eigenvalue weighted by Gasteiger charge is 2.28. The first-order valence-corrected chi connectivity index (χ1v) is 8.14. The molecule has 1 fully saturated rings. The summed E-state index contributed by atoms with van der Waals surface area (Å²) in [6.45, 7) is 7.60. The third-order valence-corrected chi connectivity index (χ3v) is 5.00. The van der Waals surface area contributed by atoms with E-state index in [9.17, 15) is 0 Å². The van der Waals surface area contributed by atoms with Gasteiger partial charge < -0.3 is 10.2 Å². The summed E-state index contributed by atoms with van der Waals surface area (Å²) >= 11 is 3.78. The maximum absolute atomic E-state index is 4.40. The van der Waals surface area contributed by atoms with Crippen molar-refractivity contribution in [3.05, 3.63) is 22.4 Å². The maximum Gasteiger partial charge on any atom is 0.193 e. The molecule has 0 aromatic carbocycles. The molecular formula is C13H21N3S2. The largest absolute Gasteiger partial charge is 0.352 e. The van der Waals surface area contributed by atoms with Gasteiger partial charge in [0.1, 0.15) is 0 Å². The summed E-state index contributed by atoms with van der Waals surface area (Å²) in [7, 11) is 1.87. The molecule has 2 rings (SSSR count). The lowest BCUT2D eigenvalue weighted by atomic mass is 10.2. The molecule has 0 atom stereocenters. The summed E-state index contributed by atoms with van der Waals surface area (Å²) in [6.07, 6.45) is 0. The Labute approximate surface area is 118 Å². The van der Waals surface area contributed by atoms with Crippen molar-refractivity contribution >= 4 is 29.1 Å². The summed E-state index contributed by atoms with van der Waals surface area (Å²) in [5, 5.41) is 7.74. The van der Waals surface area contributed by atoms with Crippen molar-refractivity contribution in [3.8, 4) is 0 Å². The monoisotopic (exact) mass is 283 g/mol. The summed E-state index contributed by atoms with van der Waals surface area (Å²) < 4.78 is 0.318. The molecule has 0 unspecified atom stereocenters. The van der Waals surface area contributed by atoms with E-state index in [1.54, 1.807) is 11.3 Å². The normalized spacial score (nSPS) is 19.9. The predicted molar refractivity (Wildman–Crippen MR) is 82.6 cm³/mol. The maximum atomic E-state index is 4.40. The van der Waals surface area contributed by atoms with Crippen LogP contribution in [0.2, 0.25) is 0 Å². The van der Waals surface area contributed by atoms with Gasteiger partial charge in [0.2, 0.25) is 0 Å².